The number of benzene rings is 1. The number of hydrogen-bond donors (Lipinski definition) is 2. The van der Waals surface area contributed by atoms with E-state index < -0.39 is 16.8 Å². The van der Waals surface area contributed by atoms with E-state index in [1.165, 1.54) is 23.5 Å². The van der Waals surface area contributed by atoms with Gasteiger partial charge in [0.2, 0.25) is 0 Å². The van der Waals surface area contributed by atoms with Gasteiger partial charge < -0.3 is 5.32 Å². The first-order valence-corrected chi connectivity index (χ1v) is 11.5. The minimum atomic E-state index is -1.78. The first kappa shape index (κ1) is 21.5. The molecule has 1 aliphatic heterocycles. The van der Waals surface area contributed by atoms with E-state index in [2.05, 4.69) is 54.7 Å². The van der Waals surface area contributed by atoms with Crippen molar-refractivity contribution in [3.8, 4) is 0 Å². The number of nitrogens with zero attached hydrogens (tertiary/aromatic N) is 2. The number of piperidine rings is 1. The fourth-order valence-electron chi connectivity index (χ4n) is 3.88. The Morgan fingerprint density at radius 3 is 2.50 bits per heavy atom. The molecule has 2 heterocycles. The number of halogens is 2. The summed E-state index contributed by atoms with van der Waals surface area (Å²) in [6, 6.07) is 2.90. The zero-order valence-corrected chi connectivity index (χ0v) is 19.1. The Hall–Kier alpha value is -1.22. The van der Waals surface area contributed by atoms with Crippen LogP contribution in [0, 0.1) is 5.82 Å². The van der Waals surface area contributed by atoms with Gasteiger partial charge in [0.05, 0.1) is 15.6 Å². The van der Waals surface area contributed by atoms with Crippen LogP contribution in [0.3, 0.4) is 0 Å². The maximum Gasteiger partial charge on any atom is 0.194 e. The predicted molar refractivity (Wildman–Crippen MR) is 116 cm³/mol. The molecule has 5 nitrogen and oxygen atoms in total. The third-order valence-corrected chi connectivity index (χ3v) is 7.72. The highest BCUT2D eigenvalue weighted by Gasteiger charge is 2.43. The molecule has 2 N–H and O–H groups in total. The minimum absolute atomic E-state index is 0.00347. The Morgan fingerprint density at radius 1 is 1.29 bits per heavy atom. The topological polar surface area (TPSA) is 57.3 Å². The molecule has 154 valence electrons. The molecular formula is C19H26ClFN4OS2. The summed E-state index contributed by atoms with van der Waals surface area (Å²) in [5.41, 5.74) is 0.530. The van der Waals surface area contributed by atoms with Crippen molar-refractivity contribution >= 4 is 44.7 Å². The van der Waals surface area contributed by atoms with Crippen LogP contribution in [0.15, 0.2) is 28.6 Å². The molecular weight excluding hydrogens is 419 g/mol. The number of thiazole rings is 1. The van der Waals surface area contributed by atoms with E-state index in [4.69, 9.17) is 11.6 Å². The van der Waals surface area contributed by atoms with E-state index in [1.807, 2.05) is 0 Å². The Morgan fingerprint density at radius 2 is 1.93 bits per heavy atom. The smallest absolute Gasteiger partial charge is 0.194 e. The van der Waals surface area contributed by atoms with Crippen LogP contribution in [-0.2, 0) is 11.0 Å². The van der Waals surface area contributed by atoms with E-state index in [0.29, 0.717) is 15.8 Å². The molecule has 1 fully saturated rings. The lowest BCUT2D eigenvalue weighted by Gasteiger charge is -2.54. The number of rotatable bonds is 5. The van der Waals surface area contributed by atoms with Crippen LogP contribution in [0.4, 0.5) is 15.2 Å². The molecule has 1 aromatic heterocycles. The van der Waals surface area contributed by atoms with Gasteiger partial charge >= 0.3 is 0 Å². The molecule has 0 amide bonds. The molecule has 3 rings (SSSR count). The summed E-state index contributed by atoms with van der Waals surface area (Å²) in [6.07, 6.45) is 3.40. The maximum absolute atomic E-state index is 14.7. The normalized spacial score (nSPS) is 20.7. The van der Waals surface area contributed by atoms with Gasteiger partial charge in [0.25, 0.3) is 0 Å². The third-order valence-electron chi connectivity index (χ3n) is 5.50. The van der Waals surface area contributed by atoms with E-state index in [9.17, 15) is 8.60 Å². The Kier molecular flexibility index (Phi) is 6.06. The van der Waals surface area contributed by atoms with Gasteiger partial charge in [-0.3, -0.25) is 9.62 Å². The van der Waals surface area contributed by atoms with Gasteiger partial charge in [0.15, 0.2) is 16.1 Å². The molecule has 2 aromatic rings. The van der Waals surface area contributed by atoms with Crippen molar-refractivity contribution in [3.63, 3.8) is 0 Å². The largest absolute Gasteiger partial charge is 0.381 e. The second-order valence-corrected chi connectivity index (χ2v) is 10.9. The molecule has 0 spiro atoms. The number of anilines is 2. The van der Waals surface area contributed by atoms with Gasteiger partial charge in [-0.05, 0) is 59.7 Å². The zero-order valence-electron chi connectivity index (χ0n) is 16.7. The first-order valence-electron chi connectivity index (χ1n) is 9.07. The predicted octanol–water partition coefficient (Wildman–Crippen LogP) is 5.13. The monoisotopic (exact) mass is 444 g/mol. The first-order chi connectivity index (χ1) is 13.0. The molecule has 1 unspecified atom stereocenters. The van der Waals surface area contributed by atoms with Gasteiger partial charge in [-0.25, -0.2) is 13.6 Å². The molecule has 0 bridgehead atoms. The van der Waals surface area contributed by atoms with Crippen LogP contribution in [0.25, 0.3) is 0 Å². The van der Waals surface area contributed by atoms with Crippen molar-refractivity contribution in [2.24, 2.45) is 0 Å². The lowest BCUT2D eigenvalue weighted by molar-refractivity contribution is -0.00767. The number of aromatic nitrogens is 1. The second-order valence-electron chi connectivity index (χ2n) is 8.40. The van der Waals surface area contributed by atoms with Gasteiger partial charge in [0, 0.05) is 28.7 Å². The standard InChI is InChI=1S/C19H26ClFN4OS2/c1-18(2)10-12(11-19(3,4)25(18)5)23-15-9-14(21)16(8-13(15)20)28(26)24-17-22-6-7-27-17/h6-9,12,23H,10-11H2,1-5H3,(H,22,24). The summed E-state index contributed by atoms with van der Waals surface area (Å²) < 4.78 is 29.8. The van der Waals surface area contributed by atoms with Crippen molar-refractivity contribution in [2.45, 2.75) is 62.6 Å². The van der Waals surface area contributed by atoms with Crippen molar-refractivity contribution in [3.05, 3.63) is 34.5 Å². The molecule has 0 saturated carbocycles. The SMILES string of the molecule is CN1C(C)(C)CC(Nc2cc(F)c(S(=O)Nc3nccs3)cc2Cl)CC1(C)C. The molecule has 0 radical (unpaired) electrons. The van der Waals surface area contributed by atoms with Crippen LogP contribution in [-0.4, -0.2) is 38.3 Å². The summed E-state index contributed by atoms with van der Waals surface area (Å²) in [5.74, 6) is -0.569. The van der Waals surface area contributed by atoms with Gasteiger partial charge in [-0.1, -0.05) is 11.6 Å². The van der Waals surface area contributed by atoms with Crippen LogP contribution in [0.2, 0.25) is 5.02 Å². The average molecular weight is 445 g/mol. The second kappa shape index (κ2) is 7.89. The highest BCUT2D eigenvalue weighted by atomic mass is 35.5. The fourth-order valence-corrected chi connectivity index (χ4v) is 5.74. The molecule has 9 heteroatoms. The highest BCUT2D eigenvalue weighted by Crippen LogP contribution is 2.39. The van der Waals surface area contributed by atoms with E-state index >= 15 is 0 Å². The van der Waals surface area contributed by atoms with E-state index in [-0.39, 0.29) is 22.0 Å². The average Bonchev–Trinajstić information content (AvgIpc) is 3.08. The number of hydrogen-bond acceptors (Lipinski definition) is 5. The van der Waals surface area contributed by atoms with Gasteiger partial charge in [0.1, 0.15) is 5.82 Å². The molecule has 1 atom stereocenters. The summed E-state index contributed by atoms with van der Waals surface area (Å²) >= 11 is 7.70. The molecule has 1 aliphatic rings. The minimum Gasteiger partial charge on any atom is -0.381 e. The van der Waals surface area contributed by atoms with Crippen molar-refractivity contribution in [1.29, 1.82) is 0 Å². The van der Waals surface area contributed by atoms with Gasteiger partial charge in [-0.2, -0.15) is 0 Å². The van der Waals surface area contributed by atoms with E-state index in [0.717, 1.165) is 12.8 Å². The Bertz CT molecular complexity index is 855. The third kappa shape index (κ3) is 4.50. The molecule has 0 aliphatic carbocycles. The summed E-state index contributed by atoms with van der Waals surface area (Å²) in [7, 11) is 0.366. The van der Waals surface area contributed by atoms with Crippen molar-refractivity contribution in [2.75, 3.05) is 17.1 Å². The zero-order chi connectivity index (χ0) is 20.7. The maximum atomic E-state index is 14.7. The lowest BCUT2D eigenvalue weighted by Crippen LogP contribution is -2.61. The van der Waals surface area contributed by atoms with Crippen molar-refractivity contribution in [1.82, 2.24) is 9.88 Å². The number of likely N-dealkylation sites (tertiary alicyclic amines) is 1. The van der Waals surface area contributed by atoms with Crippen LogP contribution >= 0.6 is 22.9 Å². The molecule has 1 saturated heterocycles. The Balaban J connectivity index is 1.78. The fraction of sp³-hybridized carbons (Fsp3) is 0.526. The molecule has 28 heavy (non-hydrogen) atoms. The summed E-state index contributed by atoms with van der Waals surface area (Å²) in [5, 5.41) is 5.97. The number of nitrogens with one attached hydrogen (secondary N) is 2. The van der Waals surface area contributed by atoms with Crippen LogP contribution in [0.5, 0.6) is 0 Å². The molecule has 1 aromatic carbocycles. The quantitative estimate of drug-likeness (QED) is 0.670. The lowest BCUT2D eigenvalue weighted by atomic mass is 9.77. The summed E-state index contributed by atoms with van der Waals surface area (Å²) in [4.78, 5) is 6.40. The van der Waals surface area contributed by atoms with Crippen LogP contribution < -0.4 is 10.0 Å². The Labute approximate surface area is 177 Å². The van der Waals surface area contributed by atoms with E-state index in [1.54, 1.807) is 11.6 Å². The summed E-state index contributed by atoms with van der Waals surface area (Å²) in [6.45, 7) is 8.84. The van der Waals surface area contributed by atoms with Crippen LogP contribution in [0.1, 0.15) is 40.5 Å². The van der Waals surface area contributed by atoms with Crippen molar-refractivity contribution < 1.29 is 8.60 Å². The van der Waals surface area contributed by atoms with Gasteiger partial charge in [-0.15, -0.1) is 11.3 Å². The highest BCUT2D eigenvalue weighted by molar-refractivity contribution is 7.86.